The molecule has 3 N–H and O–H groups in total. The molecule has 6 heteroatoms. The fourth-order valence-electron chi connectivity index (χ4n) is 2.83. The summed E-state index contributed by atoms with van der Waals surface area (Å²) in [7, 11) is 0. The van der Waals surface area contributed by atoms with Crippen LogP contribution in [0.1, 0.15) is 18.4 Å². The molecule has 2 heterocycles. The third kappa shape index (κ3) is 3.10. The Kier molecular flexibility index (Phi) is 4.13. The average molecular weight is 310 g/mol. The molecule has 0 bridgehead atoms. The number of amides is 1. The Hall–Kier alpha value is -2.65. The number of nitrogens with two attached hydrogens (primary N) is 1. The van der Waals surface area contributed by atoms with Gasteiger partial charge in [0.25, 0.3) is 0 Å². The normalized spacial score (nSPS) is 16.7. The van der Waals surface area contributed by atoms with Crippen LogP contribution in [0.3, 0.4) is 0 Å². The number of hydrogen-bond acceptors (Lipinski definition) is 5. The fraction of sp³-hybridized carbons (Fsp3) is 0.353. The molecule has 1 aromatic heterocycles. The number of carbonyl (C=O) groups is 1. The van der Waals surface area contributed by atoms with E-state index >= 15 is 0 Å². The lowest BCUT2D eigenvalue weighted by Crippen LogP contribution is -2.46. The van der Waals surface area contributed by atoms with Gasteiger partial charge in [-0.3, -0.25) is 4.79 Å². The van der Waals surface area contributed by atoms with Crippen molar-refractivity contribution in [3.05, 3.63) is 35.9 Å². The van der Waals surface area contributed by atoms with Crippen molar-refractivity contribution < 1.29 is 9.53 Å². The summed E-state index contributed by atoms with van der Waals surface area (Å²) < 4.78 is 5.33. The summed E-state index contributed by atoms with van der Waals surface area (Å²) in [5, 5.41) is 13.1. The van der Waals surface area contributed by atoms with E-state index in [4.69, 9.17) is 15.7 Å². The maximum absolute atomic E-state index is 11.9. The molecule has 0 atom stereocenters. The molecule has 1 fully saturated rings. The number of anilines is 1. The molecule has 23 heavy (non-hydrogen) atoms. The Morgan fingerprint density at radius 3 is 2.83 bits per heavy atom. The Balaban J connectivity index is 1.78. The van der Waals surface area contributed by atoms with E-state index in [1.165, 1.54) is 0 Å². The van der Waals surface area contributed by atoms with E-state index < -0.39 is 5.41 Å². The molecule has 0 spiro atoms. The van der Waals surface area contributed by atoms with Crippen molar-refractivity contribution in [2.24, 2.45) is 11.1 Å². The van der Waals surface area contributed by atoms with Crippen molar-refractivity contribution in [1.29, 1.82) is 5.26 Å². The van der Waals surface area contributed by atoms with Gasteiger partial charge in [-0.1, -0.05) is 0 Å². The predicted molar refractivity (Wildman–Crippen MR) is 86.6 cm³/mol. The summed E-state index contributed by atoms with van der Waals surface area (Å²) in [6.07, 6.45) is 1.24. The van der Waals surface area contributed by atoms with Gasteiger partial charge in [-0.25, -0.2) is 4.98 Å². The maximum atomic E-state index is 11.9. The lowest BCUT2D eigenvalue weighted by molar-refractivity contribution is -0.132. The summed E-state index contributed by atoms with van der Waals surface area (Å²) in [4.78, 5) is 16.4. The monoisotopic (exact) mass is 310 g/mol. The Morgan fingerprint density at radius 2 is 2.13 bits per heavy atom. The standard InChI is InChI=1S/C17H18N4O2/c18-10-12-1-3-14-13(9-12)2-4-15(21-14)20-11-17(16(19)22)5-7-23-8-6-17/h1-4,9H,5-8,11H2,(H2,19,22)(H,20,21). The van der Waals surface area contributed by atoms with Crippen LogP contribution >= 0.6 is 0 Å². The van der Waals surface area contributed by atoms with E-state index in [0.29, 0.717) is 44.0 Å². The largest absolute Gasteiger partial charge is 0.381 e. The number of ether oxygens (including phenoxy) is 1. The van der Waals surface area contributed by atoms with Gasteiger partial charge in [0.1, 0.15) is 5.82 Å². The van der Waals surface area contributed by atoms with Crippen molar-refractivity contribution in [1.82, 2.24) is 4.98 Å². The van der Waals surface area contributed by atoms with Crippen LogP contribution in [0.5, 0.6) is 0 Å². The predicted octanol–water partition coefficient (Wildman–Crippen LogP) is 1.80. The molecule has 6 nitrogen and oxygen atoms in total. The van der Waals surface area contributed by atoms with Gasteiger partial charge >= 0.3 is 0 Å². The Labute approximate surface area is 134 Å². The molecule has 0 aliphatic carbocycles. The molecule has 3 rings (SSSR count). The maximum Gasteiger partial charge on any atom is 0.225 e. The van der Waals surface area contributed by atoms with Crippen molar-refractivity contribution in [3.63, 3.8) is 0 Å². The van der Waals surface area contributed by atoms with E-state index in [-0.39, 0.29) is 5.91 Å². The van der Waals surface area contributed by atoms with E-state index in [1.807, 2.05) is 18.2 Å². The number of fused-ring (bicyclic) bond motifs is 1. The zero-order chi connectivity index (χ0) is 16.3. The number of benzene rings is 1. The number of nitriles is 1. The molecule has 0 radical (unpaired) electrons. The second-order valence-corrected chi connectivity index (χ2v) is 5.83. The van der Waals surface area contributed by atoms with Gasteiger partial charge in [-0.2, -0.15) is 5.26 Å². The lowest BCUT2D eigenvalue weighted by atomic mass is 9.79. The first-order valence-corrected chi connectivity index (χ1v) is 7.55. The Morgan fingerprint density at radius 1 is 1.35 bits per heavy atom. The van der Waals surface area contributed by atoms with Crippen molar-refractivity contribution in [2.75, 3.05) is 25.1 Å². The number of primary amides is 1. The van der Waals surface area contributed by atoms with Crippen molar-refractivity contribution >= 4 is 22.6 Å². The van der Waals surface area contributed by atoms with Crippen LogP contribution in [-0.4, -0.2) is 30.6 Å². The highest BCUT2D eigenvalue weighted by molar-refractivity contribution is 5.83. The minimum Gasteiger partial charge on any atom is -0.381 e. The minimum atomic E-state index is -0.584. The molecule has 1 aromatic carbocycles. The van der Waals surface area contributed by atoms with Gasteiger partial charge in [-0.05, 0) is 43.2 Å². The second kappa shape index (κ2) is 6.23. The summed E-state index contributed by atoms with van der Waals surface area (Å²) in [5.41, 5.74) is 6.43. The Bertz CT molecular complexity index is 776. The second-order valence-electron chi connectivity index (χ2n) is 5.83. The number of pyridine rings is 1. The first-order valence-electron chi connectivity index (χ1n) is 7.55. The molecule has 2 aromatic rings. The van der Waals surface area contributed by atoms with Crippen LogP contribution in [0.4, 0.5) is 5.82 Å². The van der Waals surface area contributed by atoms with Gasteiger partial charge in [0.2, 0.25) is 5.91 Å². The number of rotatable bonds is 4. The van der Waals surface area contributed by atoms with Gasteiger partial charge in [-0.15, -0.1) is 0 Å². The third-order valence-electron chi connectivity index (χ3n) is 4.40. The fourth-order valence-corrected chi connectivity index (χ4v) is 2.83. The SMILES string of the molecule is N#Cc1ccc2nc(NCC3(C(N)=O)CCOCC3)ccc2c1. The molecule has 0 saturated carbocycles. The smallest absolute Gasteiger partial charge is 0.225 e. The molecular formula is C17H18N4O2. The summed E-state index contributed by atoms with van der Waals surface area (Å²) >= 11 is 0. The molecule has 1 aliphatic rings. The molecule has 118 valence electrons. The molecule has 1 saturated heterocycles. The zero-order valence-corrected chi connectivity index (χ0v) is 12.7. The van der Waals surface area contributed by atoms with Crippen LogP contribution in [0.2, 0.25) is 0 Å². The quantitative estimate of drug-likeness (QED) is 0.896. The van der Waals surface area contributed by atoms with E-state index in [2.05, 4.69) is 16.4 Å². The third-order valence-corrected chi connectivity index (χ3v) is 4.40. The lowest BCUT2D eigenvalue weighted by Gasteiger charge is -2.34. The minimum absolute atomic E-state index is 0.298. The number of nitrogens with zero attached hydrogens (tertiary/aromatic N) is 2. The van der Waals surface area contributed by atoms with E-state index in [0.717, 1.165) is 10.9 Å². The highest BCUT2D eigenvalue weighted by Crippen LogP contribution is 2.30. The first-order chi connectivity index (χ1) is 11.1. The van der Waals surface area contributed by atoms with Gasteiger partial charge in [0.15, 0.2) is 0 Å². The number of nitrogens with one attached hydrogen (secondary N) is 1. The molecule has 1 aliphatic heterocycles. The number of carbonyl (C=O) groups excluding carboxylic acids is 1. The van der Waals surface area contributed by atoms with Crippen LogP contribution < -0.4 is 11.1 Å². The zero-order valence-electron chi connectivity index (χ0n) is 12.7. The molecule has 0 unspecified atom stereocenters. The molecule has 1 amide bonds. The topological polar surface area (TPSA) is 101 Å². The highest BCUT2D eigenvalue weighted by atomic mass is 16.5. The molecular weight excluding hydrogens is 292 g/mol. The summed E-state index contributed by atoms with van der Waals surface area (Å²) in [5.74, 6) is 0.391. The van der Waals surface area contributed by atoms with Crippen LogP contribution in [0.25, 0.3) is 10.9 Å². The summed E-state index contributed by atoms with van der Waals surface area (Å²) in [6, 6.07) is 11.2. The summed E-state index contributed by atoms with van der Waals surface area (Å²) in [6.45, 7) is 1.54. The van der Waals surface area contributed by atoms with Crippen LogP contribution in [0.15, 0.2) is 30.3 Å². The van der Waals surface area contributed by atoms with Crippen LogP contribution in [-0.2, 0) is 9.53 Å². The van der Waals surface area contributed by atoms with Gasteiger partial charge in [0.05, 0.1) is 22.6 Å². The number of hydrogen-bond donors (Lipinski definition) is 2. The van der Waals surface area contributed by atoms with Gasteiger partial charge in [0, 0.05) is 25.1 Å². The van der Waals surface area contributed by atoms with Crippen molar-refractivity contribution in [2.45, 2.75) is 12.8 Å². The highest BCUT2D eigenvalue weighted by Gasteiger charge is 2.38. The van der Waals surface area contributed by atoms with Crippen LogP contribution in [0, 0.1) is 16.7 Å². The number of aromatic nitrogens is 1. The van der Waals surface area contributed by atoms with Gasteiger partial charge < -0.3 is 15.8 Å². The first kappa shape index (κ1) is 15.3. The van der Waals surface area contributed by atoms with E-state index in [1.54, 1.807) is 12.1 Å². The van der Waals surface area contributed by atoms with Crippen molar-refractivity contribution in [3.8, 4) is 6.07 Å². The van der Waals surface area contributed by atoms with E-state index in [9.17, 15) is 4.79 Å². The average Bonchev–Trinajstić information content (AvgIpc) is 2.60.